The fraction of sp³-hybridized carbons (Fsp3) is 0.231. The molecule has 0 aliphatic carbocycles. The van der Waals surface area contributed by atoms with Crippen molar-refractivity contribution in [3.63, 3.8) is 0 Å². The van der Waals surface area contributed by atoms with E-state index in [-0.39, 0.29) is 0 Å². The molecule has 2 rings (SSSR count). The Kier molecular flexibility index (Phi) is 5.24. The van der Waals surface area contributed by atoms with Gasteiger partial charge >= 0.3 is 0 Å². The molecule has 0 saturated heterocycles. The highest BCUT2D eigenvalue weighted by atomic mass is 79.9. The lowest BCUT2D eigenvalue weighted by molar-refractivity contribution is 0.475. The summed E-state index contributed by atoms with van der Waals surface area (Å²) in [4.78, 5) is 1.31. The molecule has 2 N–H and O–H groups in total. The van der Waals surface area contributed by atoms with E-state index in [9.17, 15) is 5.11 Å². The van der Waals surface area contributed by atoms with Gasteiger partial charge in [-0.25, -0.2) is 0 Å². The fourth-order valence-electron chi connectivity index (χ4n) is 1.59. The molecular weight excluding hydrogens is 378 g/mol. The van der Waals surface area contributed by atoms with Crippen molar-refractivity contribution in [2.24, 2.45) is 0 Å². The molecule has 2 aromatic rings. The standard InChI is InChI=1S/C13H13Br2NOS/c14-12-7-11(18-13(12)15)8-16-6-5-9-1-3-10(17)4-2-9/h1-4,7,16-17H,5-6,8H2. The van der Waals surface area contributed by atoms with Crippen molar-refractivity contribution in [3.05, 3.63) is 49.0 Å². The van der Waals surface area contributed by atoms with Crippen LogP contribution in [0.1, 0.15) is 10.4 Å². The maximum Gasteiger partial charge on any atom is 0.115 e. The average molecular weight is 391 g/mol. The molecule has 1 aromatic heterocycles. The van der Waals surface area contributed by atoms with Crippen molar-refractivity contribution in [1.29, 1.82) is 0 Å². The molecule has 5 heteroatoms. The number of halogens is 2. The highest BCUT2D eigenvalue weighted by Gasteiger charge is 2.03. The van der Waals surface area contributed by atoms with Gasteiger partial charge in [0.15, 0.2) is 0 Å². The van der Waals surface area contributed by atoms with Crippen LogP contribution in [0, 0.1) is 0 Å². The summed E-state index contributed by atoms with van der Waals surface area (Å²) in [5, 5.41) is 12.6. The second-order valence-corrected chi connectivity index (χ2v) is 7.24. The molecule has 96 valence electrons. The molecule has 0 spiro atoms. The summed E-state index contributed by atoms with van der Waals surface area (Å²) in [6.45, 7) is 1.81. The van der Waals surface area contributed by atoms with E-state index in [0.29, 0.717) is 5.75 Å². The third-order valence-electron chi connectivity index (χ3n) is 2.52. The second kappa shape index (κ2) is 6.70. The minimum Gasteiger partial charge on any atom is -0.508 e. The number of thiophene rings is 1. The first-order valence-corrected chi connectivity index (χ1v) is 7.98. The molecule has 0 bridgehead atoms. The van der Waals surface area contributed by atoms with E-state index in [2.05, 4.69) is 43.2 Å². The Morgan fingerprint density at radius 1 is 1.17 bits per heavy atom. The van der Waals surface area contributed by atoms with Crippen LogP contribution in [0.3, 0.4) is 0 Å². The Balaban J connectivity index is 1.74. The summed E-state index contributed by atoms with van der Waals surface area (Å²) in [7, 11) is 0. The zero-order valence-electron chi connectivity index (χ0n) is 9.62. The topological polar surface area (TPSA) is 32.3 Å². The van der Waals surface area contributed by atoms with Gasteiger partial charge in [0.2, 0.25) is 0 Å². The SMILES string of the molecule is Oc1ccc(CCNCc2cc(Br)c(Br)s2)cc1. The molecular formula is C13H13Br2NOS. The molecule has 2 nitrogen and oxygen atoms in total. The van der Waals surface area contributed by atoms with Crippen LogP contribution in [-0.4, -0.2) is 11.7 Å². The lowest BCUT2D eigenvalue weighted by atomic mass is 10.1. The van der Waals surface area contributed by atoms with Gasteiger partial charge in [-0.1, -0.05) is 12.1 Å². The molecule has 0 atom stereocenters. The summed E-state index contributed by atoms with van der Waals surface area (Å²) in [5.41, 5.74) is 1.23. The van der Waals surface area contributed by atoms with Crippen LogP contribution in [-0.2, 0) is 13.0 Å². The van der Waals surface area contributed by atoms with E-state index in [0.717, 1.165) is 27.8 Å². The first-order chi connectivity index (χ1) is 8.65. The zero-order valence-corrected chi connectivity index (χ0v) is 13.6. The monoisotopic (exact) mass is 389 g/mol. The summed E-state index contributed by atoms with van der Waals surface area (Å²) in [6.07, 6.45) is 0.966. The van der Waals surface area contributed by atoms with Crippen molar-refractivity contribution in [2.75, 3.05) is 6.54 Å². The van der Waals surface area contributed by atoms with Gasteiger partial charge in [0, 0.05) is 15.9 Å². The second-order valence-electron chi connectivity index (χ2n) is 3.93. The van der Waals surface area contributed by atoms with Gasteiger partial charge < -0.3 is 10.4 Å². The van der Waals surface area contributed by atoms with Crippen LogP contribution < -0.4 is 5.32 Å². The maximum absolute atomic E-state index is 9.18. The minimum absolute atomic E-state index is 0.319. The van der Waals surface area contributed by atoms with Crippen molar-refractivity contribution in [2.45, 2.75) is 13.0 Å². The van der Waals surface area contributed by atoms with Gasteiger partial charge in [-0.2, -0.15) is 0 Å². The van der Waals surface area contributed by atoms with Crippen LogP contribution in [0.15, 0.2) is 38.6 Å². The number of benzene rings is 1. The van der Waals surface area contributed by atoms with E-state index >= 15 is 0 Å². The predicted molar refractivity (Wildman–Crippen MR) is 83.2 cm³/mol. The van der Waals surface area contributed by atoms with Crippen molar-refractivity contribution in [1.82, 2.24) is 5.32 Å². The number of hydrogen-bond donors (Lipinski definition) is 2. The van der Waals surface area contributed by atoms with Crippen LogP contribution in [0.5, 0.6) is 5.75 Å². The normalized spacial score (nSPS) is 10.8. The number of phenols is 1. The summed E-state index contributed by atoms with van der Waals surface area (Å²) >= 11 is 8.71. The summed E-state index contributed by atoms with van der Waals surface area (Å²) in [6, 6.07) is 9.48. The third kappa shape index (κ3) is 4.09. The zero-order chi connectivity index (χ0) is 13.0. The van der Waals surface area contributed by atoms with Gasteiger partial charge in [0.05, 0.1) is 3.79 Å². The van der Waals surface area contributed by atoms with E-state index < -0.39 is 0 Å². The molecule has 0 aliphatic heterocycles. The smallest absolute Gasteiger partial charge is 0.115 e. The van der Waals surface area contributed by atoms with Gasteiger partial charge in [-0.05, 0) is 68.6 Å². The number of nitrogens with one attached hydrogen (secondary N) is 1. The Morgan fingerprint density at radius 2 is 1.89 bits per heavy atom. The van der Waals surface area contributed by atoms with E-state index in [4.69, 9.17) is 0 Å². The van der Waals surface area contributed by atoms with E-state index in [1.807, 2.05) is 12.1 Å². The Bertz CT molecular complexity index is 491. The highest BCUT2D eigenvalue weighted by Crippen LogP contribution is 2.32. The maximum atomic E-state index is 9.18. The van der Waals surface area contributed by atoms with E-state index in [1.165, 1.54) is 10.4 Å². The number of aromatic hydroxyl groups is 1. The lowest BCUT2D eigenvalue weighted by Gasteiger charge is -2.03. The molecule has 0 saturated carbocycles. The van der Waals surface area contributed by atoms with Gasteiger partial charge in [0.25, 0.3) is 0 Å². The molecule has 18 heavy (non-hydrogen) atoms. The van der Waals surface area contributed by atoms with Crippen molar-refractivity contribution in [3.8, 4) is 5.75 Å². The molecule has 1 heterocycles. The highest BCUT2D eigenvalue weighted by molar-refractivity contribution is 9.13. The third-order valence-corrected chi connectivity index (χ3v) is 5.78. The Labute approximate surface area is 127 Å². The first kappa shape index (κ1) is 14.1. The molecule has 0 fully saturated rings. The summed E-state index contributed by atoms with van der Waals surface area (Å²) in [5.74, 6) is 0.319. The Hall–Kier alpha value is -0.360. The summed E-state index contributed by atoms with van der Waals surface area (Å²) < 4.78 is 2.25. The fourth-order valence-corrected chi connectivity index (χ4v) is 3.73. The van der Waals surface area contributed by atoms with Crippen molar-refractivity contribution >= 4 is 43.2 Å². The largest absolute Gasteiger partial charge is 0.508 e. The lowest BCUT2D eigenvalue weighted by Crippen LogP contribution is -2.15. The van der Waals surface area contributed by atoms with Gasteiger partial charge in [-0.15, -0.1) is 11.3 Å². The van der Waals surface area contributed by atoms with Crippen LogP contribution in [0.2, 0.25) is 0 Å². The number of hydrogen-bond acceptors (Lipinski definition) is 3. The molecule has 0 amide bonds. The van der Waals surface area contributed by atoms with Crippen molar-refractivity contribution < 1.29 is 5.11 Å². The Morgan fingerprint density at radius 3 is 2.50 bits per heavy atom. The average Bonchev–Trinajstić information content (AvgIpc) is 2.67. The molecule has 0 unspecified atom stereocenters. The number of rotatable bonds is 5. The van der Waals surface area contributed by atoms with Crippen LogP contribution in [0.4, 0.5) is 0 Å². The quantitative estimate of drug-likeness (QED) is 0.745. The minimum atomic E-state index is 0.319. The molecule has 1 aromatic carbocycles. The van der Waals surface area contributed by atoms with Gasteiger partial charge in [-0.3, -0.25) is 0 Å². The first-order valence-electron chi connectivity index (χ1n) is 5.57. The molecule has 0 aliphatic rings. The van der Waals surface area contributed by atoms with Crippen LogP contribution in [0.25, 0.3) is 0 Å². The van der Waals surface area contributed by atoms with Crippen LogP contribution >= 0.6 is 43.2 Å². The predicted octanol–water partition coefficient (Wildman–Crippen LogP) is 4.31. The van der Waals surface area contributed by atoms with Gasteiger partial charge in [0.1, 0.15) is 5.75 Å². The van der Waals surface area contributed by atoms with E-state index in [1.54, 1.807) is 23.5 Å². The molecule has 0 radical (unpaired) electrons. The number of phenolic OH excluding ortho intramolecular Hbond substituents is 1.